The Kier molecular flexibility index (Phi) is 7.46. The van der Waals surface area contributed by atoms with E-state index in [2.05, 4.69) is 0 Å². The predicted octanol–water partition coefficient (Wildman–Crippen LogP) is 4.86. The molecule has 3 rings (SSSR count). The molecule has 0 spiro atoms. The van der Waals surface area contributed by atoms with Crippen LogP contribution in [-0.2, 0) is 0 Å². The first-order valence-electron chi connectivity index (χ1n) is 10.0. The fraction of sp³-hybridized carbons (Fsp3) is 0.192. The maximum Gasteiger partial charge on any atom is 0.203 e. The molecule has 0 fully saturated rings. The maximum absolute atomic E-state index is 13.7. The zero-order valence-electron chi connectivity index (χ0n) is 19.2. The third-order valence-corrected chi connectivity index (χ3v) is 5.09. The van der Waals surface area contributed by atoms with Crippen molar-refractivity contribution in [3.63, 3.8) is 0 Å². The molecule has 7 nitrogen and oxygen atoms in total. The third-order valence-electron chi connectivity index (χ3n) is 5.09. The molecule has 0 atom stereocenters. The van der Waals surface area contributed by atoms with E-state index >= 15 is 0 Å². The molecule has 0 bridgehead atoms. The summed E-state index contributed by atoms with van der Waals surface area (Å²) in [6, 6.07) is 15.3. The summed E-state index contributed by atoms with van der Waals surface area (Å²) >= 11 is 0. The first-order valence-corrected chi connectivity index (χ1v) is 10.0. The number of phenols is 1. The zero-order chi connectivity index (χ0) is 24.0. The van der Waals surface area contributed by atoms with Gasteiger partial charge in [-0.05, 0) is 53.6 Å². The summed E-state index contributed by atoms with van der Waals surface area (Å²) in [4.78, 5) is 13.7. The predicted molar refractivity (Wildman–Crippen MR) is 126 cm³/mol. The Balaban J connectivity index is 2.16. The van der Waals surface area contributed by atoms with Crippen LogP contribution in [0.25, 0.3) is 11.6 Å². The molecule has 0 aliphatic heterocycles. The lowest BCUT2D eigenvalue weighted by Gasteiger charge is -2.15. The van der Waals surface area contributed by atoms with Crippen LogP contribution in [0, 0.1) is 0 Å². The van der Waals surface area contributed by atoms with Crippen LogP contribution in [0.15, 0.2) is 54.6 Å². The highest BCUT2D eigenvalue weighted by molar-refractivity contribution is 6.32. The quantitative estimate of drug-likeness (QED) is 0.283. The minimum Gasteiger partial charge on any atom is -0.504 e. The van der Waals surface area contributed by atoms with E-state index in [1.807, 2.05) is 0 Å². The topological polar surface area (TPSA) is 83.5 Å². The molecule has 3 aromatic rings. The molecular weight excluding hydrogens is 424 g/mol. The molecule has 0 aliphatic rings. The summed E-state index contributed by atoms with van der Waals surface area (Å²) in [5, 5.41) is 10.2. The summed E-state index contributed by atoms with van der Waals surface area (Å²) in [6.07, 6.45) is 1.70. The van der Waals surface area contributed by atoms with Crippen molar-refractivity contribution in [2.45, 2.75) is 0 Å². The number of rotatable bonds is 9. The summed E-state index contributed by atoms with van der Waals surface area (Å²) in [7, 11) is 7.53. The maximum atomic E-state index is 13.7. The molecule has 0 saturated carbocycles. The summed E-state index contributed by atoms with van der Waals surface area (Å²) in [6.45, 7) is 0. The number of aromatic hydroxyl groups is 1. The number of allylic oxidation sites excluding steroid dienone is 1. The van der Waals surface area contributed by atoms with Gasteiger partial charge < -0.3 is 28.8 Å². The van der Waals surface area contributed by atoms with Gasteiger partial charge in [0, 0.05) is 11.1 Å². The number of carbonyl (C=O) groups excluding carboxylic acids is 1. The molecule has 172 valence electrons. The van der Waals surface area contributed by atoms with Crippen LogP contribution in [0.1, 0.15) is 21.5 Å². The van der Waals surface area contributed by atoms with Crippen LogP contribution in [0.5, 0.6) is 34.5 Å². The highest BCUT2D eigenvalue weighted by Crippen LogP contribution is 2.39. The lowest BCUT2D eigenvalue weighted by molar-refractivity contribution is 0.105. The van der Waals surface area contributed by atoms with Gasteiger partial charge in [-0.1, -0.05) is 18.2 Å². The SMILES string of the molecule is COc1ccc(/C(=C\c2ccc(OC)c(O)c2)C(=O)c2cc(OC)c(OC)c(OC)c2)cc1. The molecule has 0 radical (unpaired) electrons. The van der Waals surface area contributed by atoms with Gasteiger partial charge in [-0.15, -0.1) is 0 Å². The second kappa shape index (κ2) is 10.5. The van der Waals surface area contributed by atoms with E-state index < -0.39 is 0 Å². The summed E-state index contributed by atoms with van der Waals surface area (Å²) in [5.74, 6) is 1.85. The number of methoxy groups -OCH3 is 5. The molecule has 3 aromatic carbocycles. The fourth-order valence-corrected chi connectivity index (χ4v) is 3.38. The second-order valence-electron chi connectivity index (χ2n) is 6.96. The Morgan fingerprint density at radius 1 is 0.697 bits per heavy atom. The molecule has 0 aliphatic carbocycles. The molecule has 7 heteroatoms. The monoisotopic (exact) mass is 450 g/mol. The normalized spacial score (nSPS) is 11.0. The van der Waals surface area contributed by atoms with Crippen LogP contribution in [-0.4, -0.2) is 46.4 Å². The van der Waals surface area contributed by atoms with Crippen LogP contribution in [0.4, 0.5) is 0 Å². The van der Waals surface area contributed by atoms with E-state index in [4.69, 9.17) is 23.7 Å². The molecular formula is C26H26O7. The number of benzene rings is 3. The molecule has 0 amide bonds. The average molecular weight is 450 g/mol. The Morgan fingerprint density at radius 2 is 1.30 bits per heavy atom. The molecule has 0 aromatic heterocycles. The molecule has 0 heterocycles. The van der Waals surface area contributed by atoms with Gasteiger partial charge in [0.2, 0.25) is 5.75 Å². The van der Waals surface area contributed by atoms with E-state index in [0.29, 0.717) is 51.0 Å². The van der Waals surface area contributed by atoms with E-state index in [1.165, 1.54) is 34.5 Å². The number of phenolic OH excluding ortho intramolecular Hbond substituents is 1. The van der Waals surface area contributed by atoms with Gasteiger partial charge in [0.1, 0.15) is 5.75 Å². The van der Waals surface area contributed by atoms with Crippen molar-refractivity contribution in [3.8, 4) is 34.5 Å². The number of ether oxygens (including phenoxy) is 5. The van der Waals surface area contributed by atoms with Crippen LogP contribution in [0.3, 0.4) is 0 Å². The number of hydrogen-bond donors (Lipinski definition) is 1. The van der Waals surface area contributed by atoms with E-state index in [0.717, 1.165) is 0 Å². The van der Waals surface area contributed by atoms with Gasteiger partial charge in [-0.2, -0.15) is 0 Å². The Bertz CT molecular complexity index is 1140. The van der Waals surface area contributed by atoms with Crippen molar-refractivity contribution < 1.29 is 33.6 Å². The highest BCUT2D eigenvalue weighted by atomic mass is 16.5. The number of hydrogen-bond acceptors (Lipinski definition) is 7. The minimum absolute atomic E-state index is 0.0273. The lowest BCUT2D eigenvalue weighted by atomic mass is 9.94. The first-order chi connectivity index (χ1) is 15.9. The van der Waals surface area contributed by atoms with Crippen molar-refractivity contribution >= 4 is 17.4 Å². The van der Waals surface area contributed by atoms with Crippen molar-refractivity contribution in [2.24, 2.45) is 0 Å². The molecule has 33 heavy (non-hydrogen) atoms. The van der Waals surface area contributed by atoms with Crippen molar-refractivity contribution in [3.05, 3.63) is 71.3 Å². The summed E-state index contributed by atoms with van der Waals surface area (Å²) in [5.41, 5.74) is 2.05. The largest absolute Gasteiger partial charge is 0.504 e. The van der Waals surface area contributed by atoms with E-state index in [1.54, 1.807) is 61.7 Å². The van der Waals surface area contributed by atoms with Crippen molar-refractivity contribution in [1.29, 1.82) is 0 Å². The standard InChI is InChI=1S/C26H26O7/c1-29-19-9-7-17(8-10-19)20(12-16-6-11-22(30-2)21(27)13-16)25(28)18-14-23(31-3)26(33-5)24(15-18)32-4/h6-15,27H,1-5H3/b20-12+. The minimum atomic E-state index is -0.269. The van der Waals surface area contributed by atoms with Crippen molar-refractivity contribution in [2.75, 3.05) is 35.5 Å². The lowest BCUT2D eigenvalue weighted by Crippen LogP contribution is -2.05. The van der Waals surface area contributed by atoms with Crippen LogP contribution in [0.2, 0.25) is 0 Å². The van der Waals surface area contributed by atoms with Crippen LogP contribution < -0.4 is 23.7 Å². The number of ketones is 1. The van der Waals surface area contributed by atoms with Gasteiger partial charge in [0.15, 0.2) is 28.8 Å². The summed E-state index contributed by atoms with van der Waals surface area (Å²) < 4.78 is 26.5. The average Bonchev–Trinajstić information content (AvgIpc) is 2.86. The van der Waals surface area contributed by atoms with Gasteiger partial charge >= 0.3 is 0 Å². The van der Waals surface area contributed by atoms with Gasteiger partial charge in [0.05, 0.1) is 35.5 Å². The Morgan fingerprint density at radius 3 is 1.79 bits per heavy atom. The molecule has 0 saturated heterocycles. The third kappa shape index (κ3) is 5.03. The van der Waals surface area contributed by atoms with Crippen molar-refractivity contribution in [1.82, 2.24) is 0 Å². The molecule has 0 unspecified atom stereocenters. The fourth-order valence-electron chi connectivity index (χ4n) is 3.38. The van der Waals surface area contributed by atoms with Gasteiger partial charge in [0.25, 0.3) is 0 Å². The smallest absolute Gasteiger partial charge is 0.203 e. The zero-order valence-corrected chi connectivity index (χ0v) is 19.2. The van der Waals surface area contributed by atoms with E-state index in [-0.39, 0.29) is 11.5 Å². The Hall–Kier alpha value is -4.13. The highest BCUT2D eigenvalue weighted by Gasteiger charge is 2.21. The van der Waals surface area contributed by atoms with E-state index in [9.17, 15) is 9.90 Å². The van der Waals surface area contributed by atoms with Gasteiger partial charge in [-0.25, -0.2) is 0 Å². The first kappa shape index (κ1) is 23.5. The Labute approximate surface area is 192 Å². The number of Topliss-reactive ketones (excluding diaryl/α,β-unsaturated/α-hetero) is 1. The second-order valence-corrected chi connectivity index (χ2v) is 6.96. The number of carbonyl (C=O) groups is 1. The van der Waals surface area contributed by atoms with Crippen LogP contribution >= 0.6 is 0 Å². The molecule has 1 N–H and O–H groups in total. The van der Waals surface area contributed by atoms with Gasteiger partial charge in [-0.3, -0.25) is 4.79 Å².